The van der Waals surface area contributed by atoms with Crippen LogP contribution in [0.25, 0.3) is 5.65 Å². The van der Waals surface area contributed by atoms with Crippen molar-refractivity contribution in [3.8, 4) is 0 Å². The van der Waals surface area contributed by atoms with E-state index in [2.05, 4.69) is 30.5 Å². The van der Waals surface area contributed by atoms with Gasteiger partial charge in [-0.2, -0.15) is 0 Å². The van der Waals surface area contributed by atoms with Crippen LogP contribution in [0.3, 0.4) is 0 Å². The zero-order chi connectivity index (χ0) is 17.2. The number of imidazole rings is 1. The monoisotopic (exact) mass is 360 g/mol. The highest BCUT2D eigenvalue weighted by molar-refractivity contribution is 7.09. The lowest BCUT2D eigenvalue weighted by Crippen LogP contribution is -2.37. The van der Waals surface area contributed by atoms with E-state index in [1.807, 2.05) is 23.7 Å². The van der Waals surface area contributed by atoms with Crippen molar-refractivity contribution >= 4 is 17.0 Å². The fraction of sp³-hybridized carbons (Fsp3) is 0.471. The van der Waals surface area contributed by atoms with E-state index in [-0.39, 0.29) is 6.04 Å². The average molecular weight is 360 g/mol. The number of fused-ring (bicyclic) bond motifs is 1. The maximum absolute atomic E-state index is 13.9. The fourth-order valence-corrected chi connectivity index (χ4v) is 4.01. The number of thiazole rings is 1. The predicted octanol–water partition coefficient (Wildman–Crippen LogP) is 2.20. The lowest BCUT2D eigenvalue weighted by Gasteiger charge is -2.23. The molecule has 0 aliphatic carbocycles. The van der Waals surface area contributed by atoms with Crippen LogP contribution in [0.15, 0.2) is 30.2 Å². The lowest BCUT2D eigenvalue weighted by molar-refractivity contribution is 0.228. The van der Waals surface area contributed by atoms with E-state index in [9.17, 15) is 4.39 Å². The average Bonchev–Trinajstić information content (AvgIpc) is 3.28. The molecule has 0 saturated carbocycles. The summed E-state index contributed by atoms with van der Waals surface area (Å²) >= 11 is 1.65. The molecule has 25 heavy (non-hydrogen) atoms. The Morgan fingerprint density at radius 2 is 2.32 bits per heavy atom. The van der Waals surface area contributed by atoms with E-state index in [1.54, 1.807) is 23.7 Å². The number of alkyl halides is 1. The second kappa shape index (κ2) is 7.15. The number of hydrogen-bond acceptors (Lipinski definition) is 6. The van der Waals surface area contributed by atoms with Crippen molar-refractivity contribution in [2.75, 3.05) is 13.1 Å². The molecule has 1 aliphatic rings. The lowest BCUT2D eigenvalue weighted by atomic mass is 10.2. The Kier molecular flexibility index (Phi) is 4.74. The summed E-state index contributed by atoms with van der Waals surface area (Å²) in [5.41, 5.74) is 2.95. The summed E-state index contributed by atoms with van der Waals surface area (Å²) in [4.78, 5) is 15.1. The molecular weight excluding hydrogens is 339 g/mol. The van der Waals surface area contributed by atoms with Crippen molar-refractivity contribution in [3.05, 3.63) is 46.6 Å². The summed E-state index contributed by atoms with van der Waals surface area (Å²) < 4.78 is 15.9. The third-order valence-corrected chi connectivity index (χ3v) is 5.41. The minimum atomic E-state index is -0.756. The second-order valence-electron chi connectivity index (χ2n) is 6.46. The largest absolute Gasteiger partial charge is 0.310 e. The van der Waals surface area contributed by atoms with E-state index in [1.165, 1.54) is 0 Å². The Bertz CT molecular complexity index is 846. The summed E-state index contributed by atoms with van der Waals surface area (Å²) in [6, 6.07) is 0.192. The molecule has 132 valence electrons. The zero-order valence-corrected chi connectivity index (χ0v) is 14.9. The smallest absolute Gasteiger partial charge is 0.155 e. The third kappa shape index (κ3) is 3.70. The highest BCUT2D eigenvalue weighted by atomic mass is 32.1. The first-order valence-electron chi connectivity index (χ1n) is 8.45. The summed E-state index contributed by atoms with van der Waals surface area (Å²) in [5.74, 6) is 0. The highest BCUT2D eigenvalue weighted by Crippen LogP contribution is 2.23. The van der Waals surface area contributed by atoms with Crippen molar-refractivity contribution < 1.29 is 4.39 Å². The van der Waals surface area contributed by atoms with Crippen LogP contribution in [0.2, 0.25) is 0 Å². The third-order valence-electron chi connectivity index (χ3n) is 4.59. The Morgan fingerprint density at radius 3 is 3.16 bits per heavy atom. The fourth-order valence-electron chi connectivity index (χ4n) is 3.41. The van der Waals surface area contributed by atoms with Gasteiger partial charge in [0.2, 0.25) is 0 Å². The number of nitrogens with zero attached hydrogens (tertiary/aromatic N) is 5. The van der Waals surface area contributed by atoms with Crippen LogP contribution < -0.4 is 5.32 Å². The molecule has 0 bridgehead atoms. The minimum Gasteiger partial charge on any atom is -0.310 e. The normalized spacial score (nSPS) is 21.4. The summed E-state index contributed by atoms with van der Waals surface area (Å²) in [6.45, 7) is 4.66. The maximum Gasteiger partial charge on any atom is 0.155 e. The van der Waals surface area contributed by atoms with E-state index < -0.39 is 6.17 Å². The Labute approximate surface area is 149 Å². The number of likely N-dealkylation sites (tertiary alicyclic amines) is 1. The molecule has 8 heteroatoms. The summed E-state index contributed by atoms with van der Waals surface area (Å²) in [6.07, 6.45) is 7.07. The first-order valence-corrected chi connectivity index (χ1v) is 9.33. The molecule has 1 aliphatic heterocycles. The highest BCUT2D eigenvalue weighted by Gasteiger charge is 2.32. The van der Waals surface area contributed by atoms with Crippen LogP contribution in [0.5, 0.6) is 0 Å². The van der Waals surface area contributed by atoms with Gasteiger partial charge in [-0.3, -0.25) is 14.3 Å². The zero-order valence-electron chi connectivity index (χ0n) is 14.1. The predicted molar refractivity (Wildman–Crippen MR) is 95.3 cm³/mol. The molecule has 0 unspecified atom stereocenters. The van der Waals surface area contributed by atoms with E-state index in [4.69, 9.17) is 0 Å². The van der Waals surface area contributed by atoms with Gasteiger partial charge in [0.15, 0.2) is 5.65 Å². The van der Waals surface area contributed by atoms with Gasteiger partial charge in [0, 0.05) is 50.0 Å². The van der Waals surface area contributed by atoms with Crippen molar-refractivity contribution in [1.29, 1.82) is 0 Å². The molecular formula is C17H21FN6S. The van der Waals surface area contributed by atoms with Crippen LogP contribution in [0, 0.1) is 6.92 Å². The van der Waals surface area contributed by atoms with E-state index in [0.29, 0.717) is 19.5 Å². The number of aromatic nitrogens is 4. The van der Waals surface area contributed by atoms with Gasteiger partial charge in [0.25, 0.3) is 0 Å². The summed E-state index contributed by atoms with van der Waals surface area (Å²) in [7, 11) is 0. The Balaban J connectivity index is 1.36. The van der Waals surface area contributed by atoms with Gasteiger partial charge in [-0.05, 0) is 13.3 Å². The standard InChI is InChI=1S/C17H21FN6S/c1-12-22-14(11-25-12)10-23-9-13(18)4-15(23)5-20-6-16-7-21-17-8-19-2-3-24(16)17/h2-3,7-8,11,13,15,20H,4-6,9-10H2,1H3/t13-,15-/m0/s1. The molecule has 1 N–H and O–H groups in total. The molecule has 3 aromatic heterocycles. The first-order chi connectivity index (χ1) is 12.2. The first kappa shape index (κ1) is 16.6. The minimum absolute atomic E-state index is 0.192. The van der Waals surface area contributed by atoms with Crippen LogP contribution >= 0.6 is 11.3 Å². The molecule has 0 spiro atoms. The molecule has 4 heterocycles. The number of hydrogen-bond donors (Lipinski definition) is 1. The van der Waals surface area contributed by atoms with Gasteiger partial charge >= 0.3 is 0 Å². The molecule has 6 nitrogen and oxygen atoms in total. The molecule has 3 aromatic rings. The van der Waals surface area contributed by atoms with Crippen molar-refractivity contribution in [2.24, 2.45) is 0 Å². The van der Waals surface area contributed by atoms with Crippen LogP contribution in [-0.4, -0.2) is 49.6 Å². The number of rotatable bonds is 6. The number of nitrogens with one attached hydrogen (secondary N) is 1. The van der Waals surface area contributed by atoms with Crippen molar-refractivity contribution in [3.63, 3.8) is 0 Å². The van der Waals surface area contributed by atoms with Gasteiger partial charge < -0.3 is 5.32 Å². The van der Waals surface area contributed by atoms with Gasteiger partial charge in [-0.15, -0.1) is 11.3 Å². The number of aryl methyl sites for hydroxylation is 1. The van der Waals surface area contributed by atoms with Gasteiger partial charge in [-0.25, -0.2) is 14.4 Å². The van der Waals surface area contributed by atoms with Crippen LogP contribution in [0.4, 0.5) is 4.39 Å². The van der Waals surface area contributed by atoms with Gasteiger partial charge in [-0.1, -0.05) is 0 Å². The molecule has 0 amide bonds. The molecule has 2 atom stereocenters. The molecule has 0 radical (unpaired) electrons. The molecule has 1 saturated heterocycles. The summed E-state index contributed by atoms with van der Waals surface area (Å²) in [5, 5.41) is 6.58. The van der Waals surface area contributed by atoms with E-state index >= 15 is 0 Å². The number of halogens is 1. The Hall–Kier alpha value is -1.90. The van der Waals surface area contributed by atoms with Gasteiger partial charge in [0.1, 0.15) is 6.17 Å². The molecule has 0 aromatic carbocycles. The molecule has 4 rings (SSSR count). The topological polar surface area (TPSA) is 58.4 Å². The SMILES string of the molecule is Cc1nc(CN2C[C@@H](F)C[C@H]2CNCc2cnc3cnccn23)cs1. The second-order valence-corrected chi connectivity index (χ2v) is 7.52. The van der Waals surface area contributed by atoms with Crippen LogP contribution in [-0.2, 0) is 13.1 Å². The molecule has 1 fully saturated rings. The van der Waals surface area contributed by atoms with Crippen LogP contribution in [0.1, 0.15) is 22.8 Å². The van der Waals surface area contributed by atoms with Crippen molar-refractivity contribution in [1.82, 2.24) is 29.6 Å². The quantitative estimate of drug-likeness (QED) is 0.730. The Morgan fingerprint density at radius 1 is 1.40 bits per heavy atom. The van der Waals surface area contributed by atoms with Crippen molar-refractivity contribution in [2.45, 2.75) is 38.6 Å². The maximum atomic E-state index is 13.9. The van der Waals surface area contributed by atoms with Gasteiger partial charge in [0.05, 0.1) is 28.8 Å². The van der Waals surface area contributed by atoms with E-state index in [0.717, 1.165) is 35.1 Å².